The Kier molecular flexibility index (Phi) is 7.09. The molecule has 0 aliphatic carbocycles. The van der Waals surface area contributed by atoms with Gasteiger partial charge in [0.2, 0.25) is 5.91 Å². The number of carbonyl (C=O) groups excluding carboxylic acids is 1. The standard InChI is InChI=1S/C32H31N7O2/c1-3-27(41)35-24-6-4-5-22(19-24)28-29-31(36-23-9-13-26(40)14-10-23)33-20-34-32(29)37-30(28)21-7-11-25(12-8-21)39-17-15-38(2)16-18-39/h3-14,19-20,40H,1,15-18H2,2H3,(H,35,41)(H2,33,34,36,37). The van der Waals surface area contributed by atoms with E-state index in [-0.39, 0.29) is 11.7 Å². The van der Waals surface area contributed by atoms with Crippen molar-refractivity contribution in [3.05, 3.63) is 91.8 Å². The zero-order valence-corrected chi connectivity index (χ0v) is 22.8. The molecule has 0 bridgehead atoms. The number of nitrogens with zero attached hydrogens (tertiary/aromatic N) is 4. The van der Waals surface area contributed by atoms with E-state index < -0.39 is 0 Å². The van der Waals surface area contributed by atoms with E-state index in [1.807, 2.05) is 24.3 Å². The highest BCUT2D eigenvalue weighted by atomic mass is 16.3. The van der Waals surface area contributed by atoms with E-state index in [0.717, 1.165) is 59.6 Å². The highest BCUT2D eigenvalue weighted by Gasteiger charge is 2.21. The van der Waals surface area contributed by atoms with Crippen LogP contribution in [0.2, 0.25) is 0 Å². The average molecular weight is 546 g/mol. The van der Waals surface area contributed by atoms with Gasteiger partial charge in [-0.1, -0.05) is 30.8 Å². The molecule has 206 valence electrons. The van der Waals surface area contributed by atoms with Gasteiger partial charge >= 0.3 is 0 Å². The van der Waals surface area contributed by atoms with Crippen LogP contribution in [0.1, 0.15) is 0 Å². The van der Waals surface area contributed by atoms with Crippen molar-refractivity contribution in [3.63, 3.8) is 0 Å². The van der Waals surface area contributed by atoms with Crippen molar-refractivity contribution in [2.75, 3.05) is 48.8 Å². The smallest absolute Gasteiger partial charge is 0.247 e. The Bertz CT molecular complexity index is 1700. The Morgan fingerprint density at radius 2 is 1.71 bits per heavy atom. The van der Waals surface area contributed by atoms with Crippen molar-refractivity contribution in [1.82, 2.24) is 19.9 Å². The number of hydrogen-bond donors (Lipinski definition) is 4. The predicted octanol–water partition coefficient (Wildman–Crippen LogP) is 5.62. The second-order valence-electron chi connectivity index (χ2n) is 10.1. The van der Waals surface area contributed by atoms with E-state index in [0.29, 0.717) is 17.2 Å². The maximum Gasteiger partial charge on any atom is 0.247 e. The van der Waals surface area contributed by atoms with Crippen LogP contribution < -0.4 is 15.5 Å². The van der Waals surface area contributed by atoms with Gasteiger partial charge in [-0.15, -0.1) is 0 Å². The number of rotatable bonds is 7. The van der Waals surface area contributed by atoms with Crippen LogP contribution in [0.4, 0.5) is 22.9 Å². The molecular formula is C32H31N7O2. The number of aromatic nitrogens is 3. The number of carbonyl (C=O) groups is 1. The highest BCUT2D eigenvalue weighted by molar-refractivity contribution is 6.09. The number of amides is 1. The summed E-state index contributed by atoms with van der Waals surface area (Å²) in [6, 6.07) is 23.1. The van der Waals surface area contributed by atoms with Gasteiger partial charge in [-0.05, 0) is 72.8 Å². The lowest BCUT2D eigenvalue weighted by molar-refractivity contribution is -0.111. The third kappa shape index (κ3) is 5.48. The lowest BCUT2D eigenvalue weighted by Crippen LogP contribution is -2.44. The zero-order valence-electron chi connectivity index (χ0n) is 22.8. The van der Waals surface area contributed by atoms with Crippen LogP contribution in [-0.4, -0.2) is 64.1 Å². The molecule has 5 aromatic rings. The minimum Gasteiger partial charge on any atom is -0.508 e. The van der Waals surface area contributed by atoms with Gasteiger partial charge < -0.3 is 30.5 Å². The molecule has 0 radical (unpaired) electrons. The summed E-state index contributed by atoms with van der Waals surface area (Å²) in [4.78, 5) is 29.5. The fraction of sp³-hybridized carbons (Fsp3) is 0.156. The molecule has 9 heteroatoms. The monoisotopic (exact) mass is 545 g/mol. The van der Waals surface area contributed by atoms with Crippen LogP contribution in [0.25, 0.3) is 33.4 Å². The van der Waals surface area contributed by atoms with Crippen LogP contribution in [0, 0.1) is 0 Å². The number of H-pyrrole nitrogens is 1. The van der Waals surface area contributed by atoms with Crippen molar-refractivity contribution in [2.45, 2.75) is 0 Å². The lowest BCUT2D eigenvalue weighted by atomic mass is 9.98. The van der Waals surface area contributed by atoms with Crippen LogP contribution in [0.15, 0.2) is 91.8 Å². The number of piperazine rings is 1. The van der Waals surface area contributed by atoms with E-state index in [1.54, 1.807) is 24.3 Å². The summed E-state index contributed by atoms with van der Waals surface area (Å²) in [6.45, 7) is 7.65. The van der Waals surface area contributed by atoms with E-state index in [1.165, 1.54) is 18.1 Å². The number of aromatic hydroxyl groups is 1. The first-order valence-electron chi connectivity index (χ1n) is 13.5. The molecule has 3 aromatic carbocycles. The molecule has 0 atom stereocenters. The maximum atomic E-state index is 12.1. The van der Waals surface area contributed by atoms with Gasteiger partial charge in [0.1, 0.15) is 23.5 Å². The number of phenols is 1. The Balaban J connectivity index is 1.47. The quantitative estimate of drug-likeness (QED) is 0.155. The molecule has 3 heterocycles. The molecule has 4 N–H and O–H groups in total. The van der Waals surface area contributed by atoms with Crippen LogP contribution in [0.5, 0.6) is 5.75 Å². The van der Waals surface area contributed by atoms with Crippen molar-refractivity contribution in [2.24, 2.45) is 0 Å². The van der Waals surface area contributed by atoms with Gasteiger partial charge in [0.05, 0.1) is 11.1 Å². The van der Waals surface area contributed by atoms with Crippen LogP contribution >= 0.6 is 0 Å². The molecule has 1 fully saturated rings. The van der Waals surface area contributed by atoms with E-state index in [2.05, 4.69) is 73.3 Å². The van der Waals surface area contributed by atoms with Gasteiger partial charge in [0.25, 0.3) is 0 Å². The summed E-state index contributed by atoms with van der Waals surface area (Å²) in [7, 11) is 2.16. The van der Waals surface area contributed by atoms with Crippen LogP contribution in [0.3, 0.4) is 0 Å². The molecule has 1 aliphatic heterocycles. The summed E-state index contributed by atoms with van der Waals surface area (Å²) in [6.07, 6.45) is 2.77. The number of nitrogens with one attached hydrogen (secondary N) is 3. The first-order chi connectivity index (χ1) is 20.0. The van der Waals surface area contributed by atoms with Gasteiger partial charge in [-0.3, -0.25) is 4.79 Å². The number of benzene rings is 3. The van der Waals surface area contributed by atoms with Gasteiger partial charge in [0, 0.05) is 48.8 Å². The van der Waals surface area contributed by atoms with Crippen LogP contribution in [-0.2, 0) is 4.79 Å². The minimum absolute atomic E-state index is 0.186. The Morgan fingerprint density at radius 3 is 2.44 bits per heavy atom. The fourth-order valence-corrected chi connectivity index (χ4v) is 5.15. The first kappa shape index (κ1) is 26.1. The number of hydrogen-bond acceptors (Lipinski definition) is 7. The summed E-state index contributed by atoms with van der Waals surface area (Å²) in [5, 5.41) is 16.8. The van der Waals surface area contributed by atoms with Gasteiger partial charge in [-0.25, -0.2) is 9.97 Å². The first-order valence-corrected chi connectivity index (χ1v) is 13.5. The second kappa shape index (κ2) is 11.1. The Morgan fingerprint density at radius 1 is 0.951 bits per heavy atom. The largest absolute Gasteiger partial charge is 0.508 e. The fourth-order valence-electron chi connectivity index (χ4n) is 5.15. The maximum absolute atomic E-state index is 12.1. The summed E-state index contributed by atoms with van der Waals surface area (Å²) in [5.74, 6) is 0.526. The van der Waals surface area contributed by atoms with Crippen molar-refractivity contribution < 1.29 is 9.90 Å². The summed E-state index contributed by atoms with van der Waals surface area (Å²) in [5.41, 5.74) is 7.00. The molecule has 0 saturated carbocycles. The molecule has 41 heavy (non-hydrogen) atoms. The third-order valence-corrected chi connectivity index (χ3v) is 7.35. The van der Waals surface area contributed by atoms with Crippen molar-refractivity contribution >= 4 is 39.8 Å². The molecule has 0 unspecified atom stereocenters. The predicted molar refractivity (Wildman–Crippen MR) is 165 cm³/mol. The number of phenolic OH excluding ortho intramolecular Hbond substituents is 1. The summed E-state index contributed by atoms with van der Waals surface area (Å²) >= 11 is 0. The number of anilines is 4. The minimum atomic E-state index is -0.279. The second-order valence-corrected chi connectivity index (χ2v) is 10.1. The highest BCUT2D eigenvalue weighted by Crippen LogP contribution is 2.42. The zero-order chi connectivity index (χ0) is 28.3. The van der Waals surface area contributed by atoms with Gasteiger partial charge in [-0.2, -0.15) is 0 Å². The van der Waals surface area contributed by atoms with Crippen molar-refractivity contribution in [3.8, 4) is 28.1 Å². The number of aromatic amines is 1. The molecule has 1 aliphatic rings. The lowest BCUT2D eigenvalue weighted by Gasteiger charge is -2.34. The molecular weight excluding hydrogens is 514 g/mol. The topological polar surface area (TPSA) is 109 Å². The molecule has 1 amide bonds. The summed E-state index contributed by atoms with van der Waals surface area (Å²) < 4.78 is 0. The van der Waals surface area contributed by atoms with Gasteiger partial charge in [0.15, 0.2) is 0 Å². The molecule has 0 spiro atoms. The number of likely N-dealkylation sites (N-methyl/N-ethyl adjacent to an activating group) is 1. The normalized spacial score (nSPS) is 13.7. The van der Waals surface area contributed by atoms with E-state index in [9.17, 15) is 9.90 Å². The van der Waals surface area contributed by atoms with Crippen molar-refractivity contribution in [1.29, 1.82) is 0 Å². The molecule has 1 saturated heterocycles. The molecule has 6 rings (SSSR count). The van der Waals surface area contributed by atoms with E-state index >= 15 is 0 Å². The molecule has 9 nitrogen and oxygen atoms in total. The average Bonchev–Trinajstić information content (AvgIpc) is 3.40. The Labute approximate surface area is 238 Å². The number of fused-ring (bicyclic) bond motifs is 1. The third-order valence-electron chi connectivity index (χ3n) is 7.35. The SMILES string of the molecule is C=CC(=O)Nc1cccc(-c2c(-c3ccc(N4CCN(C)CC4)cc3)[nH]c3ncnc(Nc4ccc(O)cc4)c23)c1. The Hall–Kier alpha value is -5.15. The molecule has 2 aromatic heterocycles. The van der Waals surface area contributed by atoms with E-state index in [4.69, 9.17) is 0 Å².